The van der Waals surface area contributed by atoms with Gasteiger partial charge in [-0.3, -0.25) is 4.79 Å². The zero-order chi connectivity index (χ0) is 91.6. The topological polar surface area (TPSA) is 313 Å². The molecular weight excluding hydrogens is 1780 g/mol. The molecule has 18 rings (SSSR count). The average molecular weight is 1840 g/mol. The molecule has 4 aliphatic rings. The maximum atomic E-state index is 14.0. The third kappa shape index (κ3) is 20.9. The van der Waals surface area contributed by atoms with Gasteiger partial charge < -0.3 is 41.0 Å². The molecule has 0 fully saturated rings. The van der Waals surface area contributed by atoms with Gasteiger partial charge in [-0.2, -0.15) is 38.9 Å². The summed E-state index contributed by atoms with van der Waals surface area (Å²) in [6.07, 6.45) is 0. The number of carbonyl (C=O) groups is 1. The Balaban J connectivity index is 0.000000133. The molecule has 14 aromatic rings. The van der Waals surface area contributed by atoms with Gasteiger partial charge in [0.2, 0.25) is 29.5 Å². The van der Waals surface area contributed by atoms with E-state index in [1.54, 1.807) is 78.9 Å². The summed E-state index contributed by atoms with van der Waals surface area (Å²) in [6.45, 7) is 1.74. The molecule has 1 amide bonds. The first-order chi connectivity index (χ1) is 62.4. The lowest BCUT2D eigenvalue weighted by atomic mass is 10.1. The number of amides is 1. The van der Waals surface area contributed by atoms with Crippen molar-refractivity contribution < 1.29 is 109 Å². The van der Waals surface area contributed by atoms with Crippen molar-refractivity contribution in [1.82, 2.24) is 0 Å². The van der Waals surface area contributed by atoms with Gasteiger partial charge >= 0.3 is 40.5 Å². The summed E-state index contributed by atoms with van der Waals surface area (Å²) in [6, 6.07) is 74.1. The Morgan fingerprint density at radius 3 is 0.954 bits per heavy atom. The molecule has 0 radical (unpaired) electrons. The molecule has 4 heterocycles. The predicted molar refractivity (Wildman–Crippen MR) is 463 cm³/mol. The maximum Gasteiger partial charge on any atom is 0.339 e. The van der Waals surface area contributed by atoms with Crippen LogP contribution in [0.3, 0.4) is 0 Å². The van der Waals surface area contributed by atoms with Crippen molar-refractivity contribution in [3.8, 4) is 29.1 Å². The van der Waals surface area contributed by atoms with E-state index in [1.165, 1.54) is 140 Å². The normalized spacial score (nSPS) is 15.7. The van der Waals surface area contributed by atoms with Crippen molar-refractivity contribution in [2.45, 2.75) is 50.7 Å². The molecule has 4 aliphatic heterocycles. The van der Waals surface area contributed by atoms with Gasteiger partial charge in [0.05, 0.1) is 11.6 Å². The quantitative estimate of drug-likeness (QED) is 0.0516. The fourth-order valence-corrected chi connectivity index (χ4v) is 17.5. The Hall–Kier alpha value is -15.1. The van der Waals surface area contributed by atoms with Gasteiger partial charge in [0.25, 0.3) is 0 Å². The van der Waals surface area contributed by atoms with Crippen molar-refractivity contribution in [2.75, 3.05) is 31.7 Å². The highest BCUT2D eigenvalue weighted by atomic mass is 32.2. The van der Waals surface area contributed by atoms with Crippen LogP contribution in [-0.2, 0) is 64.2 Å². The van der Waals surface area contributed by atoms with Crippen LogP contribution < -0.4 is 22.0 Å². The van der Waals surface area contributed by atoms with Crippen LogP contribution in [-0.4, -0.2) is 89.6 Å². The van der Waals surface area contributed by atoms with Gasteiger partial charge in [-0.25, -0.2) is 55.1 Å². The van der Waals surface area contributed by atoms with E-state index in [2.05, 4.69) is 25.3 Å². The number of hydrogen-bond acceptors (Lipinski definition) is 22. The molecule has 35 heteroatoms. The zero-order valence-electron chi connectivity index (χ0n) is 67.3. The fraction of sp³-hybridized carbons (Fsp3) is 0.0947. The van der Waals surface area contributed by atoms with Gasteiger partial charge in [-0.1, -0.05) is 140 Å². The van der Waals surface area contributed by atoms with E-state index in [0.717, 1.165) is 64.7 Å². The number of anilines is 1. The predicted octanol–water partition coefficient (Wildman–Crippen LogP) is 19.1. The highest BCUT2D eigenvalue weighted by molar-refractivity contribution is 7.88. The van der Waals surface area contributed by atoms with Crippen molar-refractivity contribution in [3.63, 3.8) is 0 Å². The first kappa shape index (κ1) is 89.7. The third-order valence-corrected chi connectivity index (χ3v) is 25.0. The lowest BCUT2D eigenvalue weighted by Crippen LogP contribution is -2.10. The number of rotatable bonds is 21. The van der Waals surface area contributed by atoms with E-state index < -0.39 is 111 Å². The van der Waals surface area contributed by atoms with Crippen molar-refractivity contribution in [3.05, 3.63) is 400 Å². The van der Waals surface area contributed by atoms with Crippen LogP contribution in [0.25, 0.3) is 21.5 Å². The van der Waals surface area contributed by atoms with Gasteiger partial charge in [-0.15, -0.1) is 0 Å². The van der Waals surface area contributed by atoms with Gasteiger partial charge in [0.15, 0.2) is 0 Å². The number of benzene rings is 14. The third-order valence-electron chi connectivity index (χ3n) is 20.0. The first-order valence-electron chi connectivity index (χ1n) is 39.0. The molecule has 0 aromatic heterocycles. The molecule has 0 aliphatic carbocycles. The van der Waals surface area contributed by atoms with E-state index in [1.807, 2.05) is 48.5 Å². The minimum absolute atomic E-state index is 0.0515. The first-order valence-corrected chi connectivity index (χ1v) is 44.7. The van der Waals surface area contributed by atoms with E-state index in [-0.39, 0.29) is 121 Å². The molecule has 23 nitrogen and oxygen atoms in total. The minimum atomic E-state index is -4.09. The molecule has 0 saturated heterocycles. The molecular formula is C95H66F8N6O17S4. The van der Waals surface area contributed by atoms with E-state index in [9.17, 15) is 73.6 Å². The number of nitriles is 1. The molecule has 0 spiro atoms. The number of aliphatic imine (C=N–C) groups is 4. The summed E-state index contributed by atoms with van der Waals surface area (Å²) in [4.78, 5) is 28.1. The Kier molecular flexibility index (Phi) is 26.6. The van der Waals surface area contributed by atoms with Crippen LogP contribution in [0.2, 0.25) is 0 Å². The number of carbonyl (C=O) groups excluding carboxylic acids is 1. The second-order valence-corrected chi connectivity index (χ2v) is 34.8. The van der Waals surface area contributed by atoms with E-state index in [0.29, 0.717) is 38.9 Å². The summed E-state index contributed by atoms with van der Waals surface area (Å²) in [5.74, 6) is -6.38. The van der Waals surface area contributed by atoms with Crippen LogP contribution in [0.15, 0.2) is 343 Å². The summed E-state index contributed by atoms with van der Waals surface area (Å²) in [7, 11) is -16.3. The van der Waals surface area contributed by atoms with Crippen molar-refractivity contribution in [2.24, 2.45) is 20.0 Å². The molecule has 4 atom stereocenters. The van der Waals surface area contributed by atoms with Crippen LogP contribution in [0.5, 0.6) is 23.0 Å². The van der Waals surface area contributed by atoms with Gasteiger partial charge in [0, 0.05) is 18.0 Å². The Morgan fingerprint density at radius 2 is 0.615 bits per heavy atom. The number of ether oxygens (including phenoxy) is 4. The summed E-state index contributed by atoms with van der Waals surface area (Å²) in [5.41, 5.74) is 2.24. The minimum Gasteiger partial charge on any atom is -0.475 e. The smallest absolute Gasteiger partial charge is 0.339 e. The number of halogens is 8. The lowest BCUT2D eigenvalue weighted by molar-refractivity contribution is -0.114. The van der Waals surface area contributed by atoms with Gasteiger partial charge in [0.1, 0.15) is 162 Å². The summed E-state index contributed by atoms with van der Waals surface area (Å²) < 4.78 is 255. The van der Waals surface area contributed by atoms with E-state index in [4.69, 9.17) is 40.9 Å². The van der Waals surface area contributed by atoms with Gasteiger partial charge in [-0.05, 0) is 202 Å². The fourth-order valence-electron chi connectivity index (χ4n) is 13.6. The Morgan fingerprint density at radius 1 is 0.331 bits per heavy atom. The van der Waals surface area contributed by atoms with Crippen molar-refractivity contribution >= 4 is 97.2 Å². The van der Waals surface area contributed by atoms with Crippen LogP contribution in [0, 0.1) is 57.9 Å². The maximum absolute atomic E-state index is 14.0. The molecule has 130 heavy (non-hydrogen) atoms. The summed E-state index contributed by atoms with van der Waals surface area (Å²) >= 11 is 0. The second-order valence-electron chi connectivity index (χ2n) is 28.7. The molecule has 14 aromatic carbocycles. The average Bonchev–Trinajstić information content (AvgIpc) is 1.21. The second kappa shape index (κ2) is 38.6. The molecule has 658 valence electrons. The number of hydrogen-bond donors (Lipinski definition) is 1. The lowest BCUT2D eigenvalue weighted by Gasteiger charge is -2.11. The Bertz CT molecular complexity index is 7240. The molecule has 0 bridgehead atoms. The largest absolute Gasteiger partial charge is 0.475 e. The zero-order valence-corrected chi connectivity index (χ0v) is 70.6. The standard InChI is InChI=1S/2C25H17F2NO4S.C23H18F2N2O5S.C22H14F2N2O4S/c26-20-8-4-9-21(27)24(20)25-28-22(15-31-25)17-11-13-18(14-12-17)32-33(29,30)23-10-3-6-16-5-1-2-7-19(16)23;26-21-6-3-7-22(27)24(21)25-28-23(15-31-25)17-8-11-19(12-9-17)32-33(29,30)20-13-10-16-4-1-2-5-18(16)14-20;1-14(28)26-16-7-11-18(12-8-16)33(29,30)32-17-9-5-15(6-10-17)21-13-31-23(27-21)22-19(24)3-2-4-20(22)25;23-18-2-1-3-19(24)21(18)22-26-20(13-29-22)15-6-8-16(9-7-15)30-31(27,28)17-10-4-14(12-25)5-11-17/h1-14,22H,15H2;1-14,23H,15H2;2-12,21H,13H2,1H3,(H,26,28);1-11,20H,13H2. The van der Waals surface area contributed by atoms with E-state index >= 15 is 0 Å². The molecule has 0 saturated carbocycles. The number of nitrogens with one attached hydrogen (secondary N) is 1. The monoisotopic (exact) mass is 1840 g/mol. The molecule has 4 unspecified atom stereocenters. The van der Waals surface area contributed by atoms with Crippen LogP contribution in [0.4, 0.5) is 40.8 Å². The van der Waals surface area contributed by atoms with Crippen molar-refractivity contribution in [1.29, 1.82) is 5.26 Å². The van der Waals surface area contributed by atoms with Crippen LogP contribution in [0.1, 0.15) is 81.2 Å². The van der Waals surface area contributed by atoms with Crippen LogP contribution >= 0.6 is 0 Å². The SMILES string of the molecule is CC(=O)Nc1ccc(S(=O)(=O)Oc2ccc(C3COC(c4c(F)cccc4F)=N3)cc2)cc1.N#Cc1ccc(S(=O)(=O)Oc2ccc(C3COC(c4c(F)cccc4F)=N3)cc2)cc1.O=S(=O)(Oc1ccc(C2COC(c3c(F)cccc3F)=N2)cc1)c1ccc2ccccc2c1.O=S(=O)(Oc1ccc(C2COC(c3c(F)cccc3F)=N2)cc1)c1cccc2ccccc12. The number of fused-ring (bicyclic) bond motifs is 2. The Labute approximate surface area is 738 Å². The summed E-state index contributed by atoms with van der Waals surface area (Å²) in [5, 5.41) is 14.4. The highest BCUT2D eigenvalue weighted by Crippen LogP contribution is 2.37. The number of nitrogens with zero attached hydrogens (tertiary/aromatic N) is 5. The molecule has 1 N–H and O–H groups in total. The highest BCUT2D eigenvalue weighted by Gasteiger charge is 2.33.